The largest absolute Gasteiger partial charge is 0.360 e. The molecule has 0 spiro atoms. The molecule has 0 atom stereocenters. The molecule has 0 amide bonds. The molecular formula is C14H26N2S. The molecule has 17 heavy (non-hydrogen) atoms. The smallest absolute Gasteiger partial charge is 0.166 e. The van der Waals surface area contributed by atoms with E-state index in [9.17, 15) is 0 Å². The second-order valence-electron chi connectivity index (χ2n) is 6.54. The summed E-state index contributed by atoms with van der Waals surface area (Å²) in [5.41, 5.74) is 0.540. The van der Waals surface area contributed by atoms with Gasteiger partial charge in [0.2, 0.25) is 0 Å². The Balaban J connectivity index is 1.68. The highest BCUT2D eigenvalue weighted by Crippen LogP contribution is 2.34. The van der Waals surface area contributed by atoms with E-state index in [4.69, 9.17) is 12.2 Å². The Bertz CT molecular complexity index is 259. The molecule has 0 heterocycles. The quantitative estimate of drug-likeness (QED) is 0.739. The van der Waals surface area contributed by atoms with Crippen LogP contribution in [0.4, 0.5) is 0 Å². The Morgan fingerprint density at radius 2 is 1.41 bits per heavy atom. The van der Waals surface area contributed by atoms with Gasteiger partial charge in [-0.05, 0) is 56.2 Å². The van der Waals surface area contributed by atoms with Crippen LogP contribution in [0.2, 0.25) is 0 Å². The molecule has 0 unspecified atom stereocenters. The summed E-state index contributed by atoms with van der Waals surface area (Å²) in [7, 11) is 0. The maximum atomic E-state index is 5.41. The Morgan fingerprint density at radius 3 is 1.94 bits per heavy atom. The van der Waals surface area contributed by atoms with Crippen molar-refractivity contribution < 1.29 is 0 Å². The molecule has 2 fully saturated rings. The zero-order valence-electron chi connectivity index (χ0n) is 11.2. The fraction of sp³-hybridized carbons (Fsp3) is 0.929. The normalized spacial score (nSPS) is 25.8. The van der Waals surface area contributed by atoms with E-state index >= 15 is 0 Å². The van der Waals surface area contributed by atoms with Gasteiger partial charge in [0, 0.05) is 12.1 Å². The Kier molecular flexibility index (Phi) is 4.29. The Morgan fingerprint density at radius 1 is 0.941 bits per heavy atom. The SMILES string of the molecule is CC1(C)CCC(NC(=S)NC2CCCC2)CC1. The predicted molar refractivity (Wildman–Crippen MR) is 77.2 cm³/mol. The van der Waals surface area contributed by atoms with Crippen LogP contribution in [-0.4, -0.2) is 17.2 Å². The standard InChI is InChI=1S/C14H26N2S/c1-14(2)9-7-12(8-10-14)16-13(17)15-11-5-3-4-6-11/h11-12H,3-10H2,1-2H3,(H2,15,16,17). The first-order chi connectivity index (χ1) is 8.05. The summed E-state index contributed by atoms with van der Waals surface area (Å²) < 4.78 is 0. The van der Waals surface area contributed by atoms with E-state index in [0.29, 0.717) is 17.5 Å². The van der Waals surface area contributed by atoms with Crippen LogP contribution >= 0.6 is 12.2 Å². The third-order valence-electron chi connectivity index (χ3n) is 4.36. The summed E-state index contributed by atoms with van der Waals surface area (Å²) >= 11 is 5.41. The van der Waals surface area contributed by atoms with Gasteiger partial charge >= 0.3 is 0 Å². The van der Waals surface area contributed by atoms with E-state index in [1.807, 2.05) is 0 Å². The van der Waals surface area contributed by atoms with Gasteiger partial charge < -0.3 is 10.6 Å². The van der Waals surface area contributed by atoms with Crippen molar-refractivity contribution in [3.05, 3.63) is 0 Å². The predicted octanol–water partition coefficient (Wildman–Crippen LogP) is 3.36. The molecule has 2 saturated carbocycles. The first-order valence-electron chi connectivity index (χ1n) is 7.12. The van der Waals surface area contributed by atoms with Crippen LogP contribution in [0.25, 0.3) is 0 Å². The summed E-state index contributed by atoms with van der Waals surface area (Å²) in [6.45, 7) is 4.75. The van der Waals surface area contributed by atoms with Gasteiger partial charge in [-0.2, -0.15) is 0 Å². The van der Waals surface area contributed by atoms with Gasteiger partial charge in [0.15, 0.2) is 5.11 Å². The van der Waals surface area contributed by atoms with E-state index in [-0.39, 0.29) is 0 Å². The molecule has 0 aromatic rings. The first-order valence-corrected chi connectivity index (χ1v) is 7.53. The van der Waals surface area contributed by atoms with Crippen molar-refractivity contribution in [1.82, 2.24) is 10.6 Å². The summed E-state index contributed by atoms with van der Waals surface area (Å²) in [5.74, 6) is 0. The molecule has 2 aliphatic rings. The van der Waals surface area contributed by atoms with Crippen LogP contribution in [0, 0.1) is 5.41 Å². The average molecular weight is 254 g/mol. The summed E-state index contributed by atoms with van der Waals surface area (Å²) in [5, 5.41) is 7.86. The molecule has 0 radical (unpaired) electrons. The van der Waals surface area contributed by atoms with Crippen molar-refractivity contribution in [2.75, 3.05) is 0 Å². The summed E-state index contributed by atoms with van der Waals surface area (Å²) in [4.78, 5) is 0. The Labute approximate surface area is 111 Å². The van der Waals surface area contributed by atoms with E-state index < -0.39 is 0 Å². The molecular weight excluding hydrogens is 228 g/mol. The highest BCUT2D eigenvalue weighted by molar-refractivity contribution is 7.80. The van der Waals surface area contributed by atoms with Crippen LogP contribution in [-0.2, 0) is 0 Å². The van der Waals surface area contributed by atoms with Gasteiger partial charge in [-0.15, -0.1) is 0 Å². The maximum Gasteiger partial charge on any atom is 0.166 e. The number of hydrogen-bond donors (Lipinski definition) is 2. The Hall–Kier alpha value is -0.310. The fourth-order valence-electron chi connectivity index (χ4n) is 3.03. The third-order valence-corrected chi connectivity index (χ3v) is 4.60. The monoisotopic (exact) mass is 254 g/mol. The number of hydrogen-bond acceptors (Lipinski definition) is 1. The number of thiocarbonyl (C=S) groups is 1. The first kappa shape index (κ1) is 13.1. The maximum absolute atomic E-state index is 5.41. The van der Waals surface area contributed by atoms with Gasteiger partial charge in [-0.25, -0.2) is 0 Å². The average Bonchev–Trinajstić information content (AvgIpc) is 2.74. The highest BCUT2D eigenvalue weighted by atomic mass is 32.1. The molecule has 98 valence electrons. The molecule has 2 N–H and O–H groups in total. The van der Waals surface area contributed by atoms with Crippen molar-refractivity contribution in [2.24, 2.45) is 5.41 Å². The minimum absolute atomic E-state index is 0.540. The zero-order chi connectivity index (χ0) is 12.3. The molecule has 0 aromatic heterocycles. The lowest BCUT2D eigenvalue weighted by Crippen LogP contribution is -2.47. The van der Waals surface area contributed by atoms with Crippen molar-refractivity contribution >= 4 is 17.3 Å². The number of rotatable bonds is 2. The van der Waals surface area contributed by atoms with Crippen molar-refractivity contribution in [3.63, 3.8) is 0 Å². The number of nitrogens with one attached hydrogen (secondary N) is 2. The summed E-state index contributed by atoms with van der Waals surface area (Å²) in [6, 6.07) is 1.24. The van der Waals surface area contributed by atoms with Crippen molar-refractivity contribution in [2.45, 2.75) is 77.3 Å². The van der Waals surface area contributed by atoms with Crippen LogP contribution in [0.1, 0.15) is 65.2 Å². The van der Waals surface area contributed by atoms with Crippen molar-refractivity contribution in [3.8, 4) is 0 Å². The topological polar surface area (TPSA) is 24.1 Å². The van der Waals surface area contributed by atoms with Gasteiger partial charge in [-0.3, -0.25) is 0 Å². The van der Waals surface area contributed by atoms with Crippen LogP contribution < -0.4 is 10.6 Å². The highest BCUT2D eigenvalue weighted by Gasteiger charge is 2.27. The second kappa shape index (κ2) is 5.55. The molecule has 3 heteroatoms. The second-order valence-corrected chi connectivity index (χ2v) is 6.95. The van der Waals surface area contributed by atoms with Crippen LogP contribution in [0.15, 0.2) is 0 Å². The van der Waals surface area contributed by atoms with Crippen LogP contribution in [0.3, 0.4) is 0 Å². The minimum atomic E-state index is 0.540. The van der Waals surface area contributed by atoms with Gasteiger partial charge in [0.05, 0.1) is 0 Å². The van der Waals surface area contributed by atoms with Gasteiger partial charge in [0.1, 0.15) is 0 Å². The molecule has 0 saturated heterocycles. The van der Waals surface area contributed by atoms with E-state index in [1.54, 1.807) is 0 Å². The fourth-order valence-corrected chi connectivity index (χ4v) is 3.36. The third kappa shape index (κ3) is 4.13. The molecule has 0 aromatic carbocycles. The lowest BCUT2D eigenvalue weighted by atomic mass is 9.76. The van der Waals surface area contributed by atoms with Gasteiger partial charge in [-0.1, -0.05) is 26.7 Å². The molecule has 2 rings (SSSR count). The lowest BCUT2D eigenvalue weighted by molar-refractivity contribution is 0.217. The van der Waals surface area contributed by atoms with Crippen molar-refractivity contribution in [1.29, 1.82) is 0 Å². The lowest BCUT2D eigenvalue weighted by Gasteiger charge is -2.35. The van der Waals surface area contributed by atoms with Gasteiger partial charge in [0.25, 0.3) is 0 Å². The van der Waals surface area contributed by atoms with E-state index in [1.165, 1.54) is 51.4 Å². The molecule has 2 aliphatic carbocycles. The molecule has 2 nitrogen and oxygen atoms in total. The summed E-state index contributed by atoms with van der Waals surface area (Å²) in [6.07, 6.45) is 10.5. The van der Waals surface area contributed by atoms with E-state index in [0.717, 1.165) is 5.11 Å². The minimum Gasteiger partial charge on any atom is -0.360 e. The zero-order valence-corrected chi connectivity index (χ0v) is 12.0. The van der Waals surface area contributed by atoms with Crippen LogP contribution in [0.5, 0.6) is 0 Å². The molecule has 0 aliphatic heterocycles. The molecule has 0 bridgehead atoms. The van der Waals surface area contributed by atoms with E-state index in [2.05, 4.69) is 24.5 Å².